The molecule has 0 unspecified atom stereocenters. The summed E-state index contributed by atoms with van der Waals surface area (Å²) in [5, 5.41) is 9.27. The van der Waals surface area contributed by atoms with Gasteiger partial charge in [-0.15, -0.1) is 0 Å². The lowest BCUT2D eigenvalue weighted by Crippen LogP contribution is -2.50. The maximum Gasteiger partial charge on any atom is 0.410 e. The molecule has 1 aliphatic rings. The van der Waals surface area contributed by atoms with Gasteiger partial charge in [-0.1, -0.05) is 63.2 Å². The largest absolute Gasteiger partial charge is 0.478 e. The Morgan fingerprint density at radius 1 is 0.973 bits per heavy atom. The van der Waals surface area contributed by atoms with Crippen LogP contribution in [0.25, 0.3) is 0 Å². The average molecular weight is 526 g/mol. The van der Waals surface area contributed by atoms with Crippen LogP contribution < -0.4 is 0 Å². The standard InChI is InChI=1S/C30H43NO5Si/c1-29(2,3)35-28(34)31-24(20-21-14-16-23(17-15-21)27(32)33)18-19-25(31)26(22-12-10-9-11-13-22)36-37(7,8)30(4,5)6/h9-17,24-26H,18-20H2,1-8H3,(H,32,33)/t24-,25+,26-/m1/s1. The molecule has 3 rings (SSSR count). The zero-order chi connectivity index (χ0) is 27.6. The van der Waals surface area contributed by atoms with Crippen LogP contribution in [0.15, 0.2) is 54.6 Å². The van der Waals surface area contributed by atoms with Crippen molar-refractivity contribution < 1.29 is 23.9 Å². The smallest absolute Gasteiger partial charge is 0.410 e. The SMILES string of the molecule is CC(C)(C)OC(=O)N1[C@@H](Cc2ccc(C(=O)O)cc2)CC[C@H]1[C@H](O[Si](C)(C)C(C)(C)C)c1ccccc1. The maximum absolute atomic E-state index is 13.7. The molecule has 1 aliphatic heterocycles. The maximum atomic E-state index is 13.7. The van der Waals surface area contributed by atoms with Crippen LogP contribution in [0, 0.1) is 0 Å². The molecular weight excluding hydrogens is 482 g/mol. The molecule has 0 radical (unpaired) electrons. The van der Waals surface area contributed by atoms with Gasteiger partial charge in [0.05, 0.1) is 17.7 Å². The van der Waals surface area contributed by atoms with Crippen molar-refractivity contribution in [2.24, 2.45) is 0 Å². The number of ether oxygens (including phenoxy) is 1. The number of likely N-dealkylation sites (tertiary alicyclic amines) is 1. The number of benzene rings is 2. The minimum Gasteiger partial charge on any atom is -0.478 e. The highest BCUT2D eigenvalue weighted by molar-refractivity contribution is 6.74. The van der Waals surface area contributed by atoms with Crippen LogP contribution in [-0.4, -0.2) is 48.1 Å². The van der Waals surface area contributed by atoms with E-state index in [1.54, 1.807) is 12.1 Å². The van der Waals surface area contributed by atoms with Gasteiger partial charge in [-0.05, 0) is 81.4 Å². The molecule has 1 heterocycles. The fourth-order valence-corrected chi connectivity index (χ4v) is 5.85. The fraction of sp³-hybridized carbons (Fsp3) is 0.533. The molecule has 1 saturated heterocycles. The lowest BCUT2D eigenvalue weighted by Gasteiger charge is -2.43. The van der Waals surface area contributed by atoms with E-state index in [1.165, 1.54) is 0 Å². The lowest BCUT2D eigenvalue weighted by atomic mass is 10.0. The number of hydrogen-bond donors (Lipinski definition) is 1. The lowest BCUT2D eigenvalue weighted by molar-refractivity contribution is -0.00239. The van der Waals surface area contributed by atoms with Gasteiger partial charge in [0, 0.05) is 6.04 Å². The van der Waals surface area contributed by atoms with Crippen molar-refractivity contribution in [3.63, 3.8) is 0 Å². The van der Waals surface area contributed by atoms with E-state index in [4.69, 9.17) is 9.16 Å². The van der Waals surface area contributed by atoms with Gasteiger partial charge in [0.1, 0.15) is 5.60 Å². The number of carbonyl (C=O) groups excluding carboxylic acids is 1. The van der Waals surface area contributed by atoms with Gasteiger partial charge >= 0.3 is 12.1 Å². The van der Waals surface area contributed by atoms with Crippen molar-refractivity contribution in [3.8, 4) is 0 Å². The average Bonchev–Trinajstić information content (AvgIpc) is 3.20. The van der Waals surface area contributed by atoms with Gasteiger partial charge in [0.15, 0.2) is 8.32 Å². The Morgan fingerprint density at radius 3 is 2.08 bits per heavy atom. The highest BCUT2D eigenvalue weighted by Gasteiger charge is 2.47. The Hall–Kier alpha value is -2.64. The predicted molar refractivity (Wildman–Crippen MR) is 149 cm³/mol. The van der Waals surface area contributed by atoms with Gasteiger partial charge in [0.25, 0.3) is 0 Å². The van der Waals surface area contributed by atoms with E-state index in [2.05, 4.69) is 46.0 Å². The molecule has 2 aromatic carbocycles. The highest BCUT2D eigenvalue weighted by Crippen LogP contribution is 2.44. The van der Waals surface area contributed by atoms with Gasteiger partial charge < -0.3 is 14.3 Å². The molecule has 1 amide bonds. The number of aromatic carboxylic acids is 1. The first kappa shape index (κ1) is 28.9. The second-order valence-corrected chi connectivity index (χ2v) is 17.4. The van der Waals surface area contributed by atoms with E-state index in [9.17, 15) is 14.7 Å². The van der Waals surface area contributed by atoms with E-state index in [-0.39, 0.29) is 34.9 Å². The zero-order valence-electron chi connectivity index (χ0n) is 23.6. The Bertz CT molecular complexity index is 1070. The van der Waals surface area contributed by atoms with Crippen molar-refractivity contribution >= 4 is 20.4 Å². The summed E-state index contributed by atoms with van der Waals surface area (Å²) in [5.41, 5.74) is 1.69. The molecule has 6 nitrogen and oxygen atoms in total. The Kier molecular flexibility index (Phi) is 8.59. The monoisotopic (exact) mass is 525 g/mol. The highest BCUT2D eigenvalue weighted by atomic mass is 28.4. The minimum absolute atomic E-state index is 0.0146. The number of carbonyl (C=O) groups is 2. The summed E-state index contributed by atoms with van der Waals surface area (Å²) in [4.78, 5) is 26.9. The van der Waals surface area contributed by atoms with Crippen LogP contribution >= 0.6 is 0 Å². The summed E-state index contributed by atoms with van der Waals surface area (Å²) in [6.07, 6.45) is 1.63. The summed E-state index contributed by atoms with van der Waals surface area (Å²) in [6, 6.07) is 16.9. The van der Waals surface area contributed by atoms with Gasteiger partial charge in [-0.25, -0.2) is 9.59 Å². The quantitative estimate of drug-likeness (QED) is 0.380. The molecular formula is C30H43NO5Si. The van der Waals surface area contributed by atoms with Crippen molar-refractivity contribution in [2.75, 3.05) is 0 Å². The molecule has 202 valence electrons. The predicted octanol–water partition coefficient (Wildman–Crippen LogP) is 7.46. The molecule has 1 N–H and O–H groups in total. The van der Waals surface area contributed by atoms with Crippen LogP contribution in [0.3, 0.4) is 0 Å². The Labute approximate surface area is 223 Å². The van der Waals surface area contributed by atoms with Gasteiger partial charge in [-0.2, -0.15) is 0 Å². The number of carboxylic acids is 1. The first-order valence-corrected chi connectivity index (χ1v) is 16.1. The zero-order valence-corrected chi connectivity index (χ0v) is 24.6. The van der Waals surface area contributed by atoms with Gasteiger partial charge in [0.2, 0.25) is 0 Å². The number of rotatable bonds is 7. The van der Waals surface area contributed by atoms with Gasteiger partial charge in [-0.3, -0.25) is 4.90 Å². The van der Waals surface area contributed by atoms with Crippen LogP contribution in [0.1, 0.15) is 82.0 Å². The molecule has 3 atom stereocenters. The van der Waals surface area contributed by atoms with E-state index in [0.717, 1.165) is 24.0 Å². The third kappa shape index (κ3) is 7.23. The third-order valence-electron chi connectivity index (χ3n) is 7.53. The third-order valence-corrected chi connectivity index (χ3v) is 12.0. The summed E-state index contributed by atoms with van der Waals surface area (Å²) in [7, 11) is -2.18. The van der Waals surface area contributed by atoms with Crippen molar-refractivity contribution in [1.82, 2.24) is 4.90 Å². The number of carboxylic acid groups (broad SMARTS) is 1. The van der Waals surface area contributed by atoms with E-state index < -0.39 is 19.9 Å². The molecule has 1 fully saturated rings. The van der Waals surface area contributed by atoms with E-state index in [1.807, 2.05) is 56.0 Å². The fourth-order valence-electron chi connectivity index (χ4n) is 4.57. The van der Waals surface area contributed by atoms with E-state index in [0.29, 0.717) is 6.42 Å². The molecule has 2 aromatic rings. The minimum atomic E-state index is -2.18. The van der Waals surface area contributed by atoms with E-state index >= 15 is 0 Å². The molecule has 0 spiro atoms. The molecule has 0 saturated carbocycles. The number of nitrogens with zero attached hydrogens (tertiary/aromatic N) is 1. The second kappa shape index (κ2) is 11.0. The van der Waals surface area contributed by atoms with Crippen molar-refractivity contribution in [1.29, 1.82) is 0 Å². The van der Waals surface area contributed by atoms with Crippen LogP contribution in [0.5, 0.6) is 0 Å². The normalized spacial score (nSPS) is 19.5. The Balaban J connectivity index is 1.99. The van der Waals surface area contributed by atoms with Crippen molar-refractivity contribution in [2.45, 2.75) is 103 Å². The summed E-state index contributed by atoms with van der Waals surface area (Å²) in [6.45, 7) is 16.8. The summed E-state index contributed by atoms with van der Waals surface area (Å²) >= 11 is 0. The van der Waals surface area contributed by atoms with Crippen LogP contribution in [0.2, 0.25) is 18.1 Å². The second-order valence-electron chi connectivity index (χ2n) is 12.6. The molecule has 37 heavy (non-hydrogen) atoms. The topological polar surface area (TPSA) is 76.1 Å². The molecule has 7 heteroatoms. The molecule has 0 aromatic heterocycles. The molecule has 0 aliphatic carbocycles. The molecule has 0 bridgehead atoms. The summed E-state index contributed by atoms with van der Waals surface area (Å²) in [5.74, 6) is -0.948. The van der Waals surface area contributed by atoms with Crippen molar-refractivity contribution in [3.05, 3.63) is 71.3 Å². The number of amides is 1. The summed E-state index contributed by atoms with van der Waals surface area (Å²) < 4.78 is 13.0. The number of hydrogen-bond acceptors (Lipinski definition) is 4. The Morgan fingerprint density at radius 2 is 1.57 bits per heavy atom. The van der Waals surface area contributed by atoms with Crippen LogP contribution in [0.4, 0.5) is 4.79 Å². The first-order chi connectivity index (χ1) is 17.1. The first-order valence-electron chi connectivity index (χ1n) is 13.2. The van der Waals surface area contributed by atoms with Crippen LogP contribution in [-0.2, 0) is 15.6 Å².